The van der Waals surface area contributed by atoms with Crippen molar-refractivity contribution in [3.05, 3.63) is 59.9 Å². The fourth-order valence-corrected chi connectivity index (χ4v) is 4.31. The SMILES string of the molecule is COc1ccccc1N1CCN(C(=O)C[C@H](NS(C)(=O)=O)c2ccc(F)cc2)CC1. The maximum absolute atomic E-state index is 13.2. The summed E-state index contributed by atoms with van der Waals surface area (Å²) in [5, 5.41) is 0. The molecule has 7 nitrogen and oxygen atoms in total. The van der Waals surface area contributed by atoms with Gasteiger partial charge in [0.1, 0.15) is 11.6 Å². The number of benzene rings is 2. The molecule has 0 bridgehead atoms. The van der Waals surface area contributed by atoms with Gasteiger partial charge in [0, 0.05) is 32.6 Å². The number of carbonyl (C=O) groups is 1. The van der Waals surface area contributed by atoms with E-state index in [2.05, 4.69) is 9.62 Å². The first-order chi connectivity index (χ1) is 14.3. The Kier molecular flexibility index (Phi) is 6.94. The lowest BCUT2D eigenvalue weighted by Crippen LogP contribution is -2.49. The number of nitrogens with one attached hydrogen (secondary N) is 1. The Morgan fingerprint density at radius 2 is 1.73 bits per heavy atom. The van der Waals surface area contributed by atoms with Crippen molar-refractivity contribution in [2.24, 2.45) is 0 Å². The number of sulfonamides is 1. The largest absolute Gasteiger partial charge is 0.495 e. The van der Waals surface area contributed by atoms with Crippen molar-refractivity contribution >= 4 is 21.6 Å². The quantitative estimate of drug-likeness (QED) is 0.721. The van der Waals surface area contributed by atoms with E-state index in [4.69, 9.17) is 4.74 Å². The number of hydrogen-bond acceptors (Lipinski definition) is 5. The normalized spacial score (nSPS) is 15.7. The predicted octanol–water partition coefficient (Wildman–Crippen LogP) is 2.16. The average molecular weight is 436 g/mol. The Balaban J connectivity index is 1.66. The number of rotatable bonds is 7. The third kappa shape index (κ3) is 5.70. The summed E-state index contributed by atoms with van der Waals surface area (Å²) < 4.78 is 44.7. The van der Waals surface area contributed by atoms with E-state index in [0.29, 0.717) is 31.7 Å². The molecule has 1 amide bonds. The maximum Gasteiger partial charge on any atom is 0.224 e. The standard InChI is InChI=1S/C21H26FN3O4S/c1-29-20-6-4-3-5-19(20)24-11-13-25(14-12-24)21(26)15-18(23-30(2,27)28)16-7-9-17(22)10-8-16/h3-10,18,23H,11-15H2,1-2H3/t18-/m0/s1. The molecule has 30 heavy (non-hydrogen) atoms. The van der Waals surface area contributed by atoms with Crippen molar-refractivity contribution in [1.29, 1.82) is 0 Å². The summed E-state index contributed by atoms with van der Waals surface area (Å²) in [7, 11) is -1.92. The predicted molar refractivity (Wildman–Crippen MR) is 114 cm³/mol. The zero-order valence-corrected chi connectivity index (χ0v) is 17.9. The molecule has 0 saturated carbocycles. The molecule has 0 aromatic heterocycles. The number of ether oxygens (including phenoxy) is 1. The molecular formula is C21H26FN3O4S. The molecule has 2 aromatic rings. The van der Waals surface area contributed by atoms with Crippen LogP contribution in [0.1, 0.15) is 18.0 Å². The van der Waals surface area contributed by atoms with Crippen LogP contribution in [0, 0.1) is 5.82 Å². The number of anilines is 1. The van der Waals surface area contributed by atoms with Gasteiger partial charge in [-0.2, -0.15) is 0 Å². The molecule has 1 fully saturated rings. The van der Waals surface area contributed by atoms with Crippen LogP contribution in [0.5, 0.6) is 5.75 Å². The topological polar surface area (TPSA) is 79.0 Å². The Morgan fingerprint density at radius 3 is 2.33 bits per heavy atom. The number of carbonyl (C=O) groups excluding carboxylic acids is 1. The molecule has 0 spiro atoms. The third-order valence-electron chi connectivity index (χ3n) is 5.07. The van der Waals surface area contributed by atoms with Crippen LogP contribution in [0.2, 0.25) is 0 Å². The van der Waals surface area contributed by atoms with Crippen LogP contribution in [0.3, 0.4) is 0 Å². The van der Waals surface area contributed by atoms with E-state index >= 15 is 0 Å². The van der Waals surface area contributed by atoms with E-state index in [9.17, 15) is 17.6 Å². The Bertz CT molecular complexity index is 974. The Morgan fingerprint density at radius 1 is 1.10 bits per heavy atom. The third-order valence-corrected chi connectivity index (χ3v) is 5.78. The second-order valence-electron chi connectivity index (χ2n) is 7.24. The van der Waals surface area contributed by atoms with Crippen LogP contribution >= 0.6 is 0 Å². The van der Waals surface area contributed by atoms with Gasteiger partial charge in [-0.3, -0.25) is 4.79 Å². The van der Waals surface area contributed by atoms with Gasteiger partial charge in [-0.15, -0.1) is 0 Å². The second-order valence-corrected chi connectivity index (χ2v) is 9.02. The first kappa shape index (κ1) is 22.0. The number of hydrogen-bond donors (Lipinski definition) is 1. The Labute approximate surface area is 176 Å². The molecule has 1 heterocycles. The molecule has 0 aliphatic carbocycles. The molecule has 1 atom stereocenters. The number of nitrogens with zero attached hydrogens (tertiary/aromatic N) is 2. The zero-order valence-electron chi connectivity index (χ0n) is 17.0. The molecule has 3 rings (SSSR count). The number of amides is 1. The number of halogens is 1. The fourth-order valence-electron chi connectivity index (χ4n) is 3.57. The minimum absolute atomic E-state index is 0.0344. The lowest BCUT2D eigenvalue weighted by atomic mass is 10.0. The van der Waals surface area contributed by atoms with E-state index in [1.807, 2.05) is 24.3 Å². The molecule has 0 radical (unpaired) electrons. The van der Waals surface area contributed by atoms with E-state index in [1.54, 1.807) is 12.0 Å². The van der Waals surface area contributed by atoms with Gasteiger partial charge in [-0.25, -0.2) is 17.5 Å². The molecule has 9 heteroatoms. The number of piperazine rings is 1. The molecular weight excluding hydrogens is 409 g/mol. The lowest BCUT2D eigenvalue weighted by molar-refractivity contribution is -0.132. The summed E-state index contributed by atoms with van der Waals surface area (Å²) >= 11 is 0. The van der Waals surface area contributed by atoms with Gasteiger partial charge < -0.3 is 14.5 Å². The number of methoxy groups -OCH3 is 1. The van der Waals surface area contributed by atoms with E-state index in [1.165, 1.54) is 24.3 Å². The summed E-state index contributed by atoms with van der Waals surface area (Å²) in [6, 6.07) is 12.5. The molecule has 1 aliphatic heterocycles. The highest BCUT2D eigenvalue weighted by atomic mass is 32.2. The molecule has 1 saturated heterocycles. The van der Waals surface area contributed by atoms with Crippen molar-refractivity contribution in [2.75, 3.05) is 44.4 Å². The highest BCUT2D eigenvalue weighted by molar-refractivity contribution is 7.88. The first-order valence-corrected chi connectivity index (χ1v) is 11.5. The van der Waals surface area contributed by atoms with Gasteiger partial charge in [0.15, 0.2) is 0 Å². The summed E-state index contributed by atoms with van der Waals surface area (Å²) in [4.78, 5) is 16.8. The maximum atomic E-state index is 13.2. The van der Waals surface area contributed by atoms with E-state index in [0.717, 1.165) is 17.7 Å². The summed E-state index contributed by atoms with van der Waals surface area (Å²) in [6.45, 7) is 2.33. The van der Waals surface area contributed by atoms with Gasteiger partial charge in [0.2, 0.25) is 15.9 Å². The van der Waals surface area contributed by atoms with Crippen molar-refractivity contribution in [3.63, 3.8) is 0 Å². The van der Waals surface area contributed by atoms with Crippen LogP contribution in [-0.4, -0.2) is 58.8 Å². The smallest absolute Gasteiger partial charge is 0.224 e. The van der Waals surface area contributed by atoms with Crippen molar-refractivity contribution in [1.82, 2.24) is 9.62 Å². The van der Waals surface area contributed by atoms with Gasteiger partial charge in [0.05, 0.1) is 25.1 Å². The van der Waals surface area contributed by atoms with Crippen molar-refractivity contribution in [2.45, 2.75) is 12.5 Å². The minimum Gasteiger partial charge on any atom is -0.495 e. The van der Waals surface area contributed by atoms with E-state index < -0.39 is 21.9 Å². The molecule has 162 valence electrons. The van der Waals surface area contributed by atoms with Crippen LogP contribution in [0.25, 0.3) is 0 Å². The van der Waals surface area contributed by atoms with Gasteiger partial charge in [-0.05, 0) is 29.8 Å². The first-order valence-electron chi connectivity index (χ1n) is 9.65. The van der Waals surface area contributed by atoms with Crippen LogP contribution in [0.4, 0.5) is 10.1 Å². The van der Waals surface area contributed by atoms with Gasteiger partial charge >= 0.3 is 0 Å². The highest BCUT2D eigenvalue weighted by Crippen LogP contribution is 2.28. The van der Waals surface area contributed by atoms with E-state index in [-0.39, 0.29) is 12.3 Å². The van der Waals surface area contributed by atoms with Crippen LogP contribution < -0.4 is 14.4 Å². The van der Waals surface area contributed by atoms with Crippen molar-refractivity contribution < 1.29 is 22.3 Å². The molecule has 1 aliphatic rings. The lowest BCUT2D eigenvalue weighted by Gasteiger charge is -2.37. The molecule has 2 aromatic carbocycles. The van der Waals surface area contributed by atoms with Crippen LogP contribution in [-0.2, 0) is 14.8 Å². The summed E-state index contributed by atoms with van der Waals surface area (Å²) in [6.07, 6.45) is 1.01. The van der Waals surface area contributed by atoms with Crippen LogP contribution in [0.15, 0.2) is 48.5 Å². The minimum atomic E-state index is -3.55. The van der Waals surface area contributed by atoms with Crippen molar-refractivity contribution in [3.8, 4) is 5.75 Å². The average Bonchev–Trinajstić information content (AvgIpc) is 2.73. The molecule has 1 N–H and O–H groups in total. The van der Waals surface area contributed by atoms with Gasteiger partial charge in [-0.1, -0.05) is 24.3 Å². The van der Waals surface area contributed by atoms with Gasteiger partial charge in [0.25, 0.3) is 0 Å². The monoisotopic (exact) mass is 435 g/mol. The fraction of sp³-hybridized carbons (Fsp3) is 0.381. The zero-order chi connectivity index (χ0) is 21.7. The second kappa shape index (κ2) is 9.44. The highest BCUT2D eigenvalue weighted by Gasteiger charge is 2.26. The summed E-state index contributed by atoms with van der Waals surface area (Å²) in [5.74, 6) is 0.210. The Hall–Kier alpha value is -2.65. The molecule has 0 unspecified atom stereocenters. The number of para-hydroxylation sites is 2. The summed E-state index contributed by atoms with van der Waals surface area (Å²) in [5.41, 5.74) is 1.53.